The second-order valence-electron chi connectivity index (χ2n) is 4.47. The maximum absolute atomic E-state index is 13.3. The number of amides is 1. The van der Waals surface area contributed by atoms with Crippen LogP contribution in [0.25, 0.3) is 0 Å². The first kappa shape index (κ1) is 15.4. The lowest BCUT2D eigenvalue weighted by atomic mass is 10.1. The highest BCUT2D eigenvalue weighted by molar-refractivity contribution is 14.1. The Hall–Kier alpha value is -1.96. The van der Waals surface area contributed by atoms with Gasteiger partial charge in [0.2, 0.25) is 0 Å². The smallest absolute Gasteiger partial charge is 0.337 e. The van der Waals surface area contributed by atoms with Crippen LogP contribution in [0.15, 0.2) is 36.4 Å². The van der Waals surface area contributed by atoms with Crippen LogP contribution in [-0.4, -0.2) is 17.0 Å². The summed E-state index contributed by atoms with van der Waals surface area (Å²) in [5, 5.41) is 11.6. The summed E-state index contributed by atoms with van der Waals surface area (Å²) >= 11 is 1.98. The van der Waals surface area contributed by atoms with Gasteiger partial charge in [-0.1, -0.05) is 0 Å². The molecule has 108 valence electrons. The molecule has 0 saturated heterocycles. The first-order valence-corrected chi connectivity index (χ1v) is 7.06. The lowest BCUT2D eigenvalue weighted by molar-refractivity contribution is 0.0698. The molecule has 0 heterocycles. The van der Waals surface area contributed by atoms with Crippen molar-refractivity contribution in [3.8, 4) is 0 Å². The first-order valence-electron chi connectivity index (χ1n) is 5.98. The minimum Gasteiger partial charge on any atom is -0.478 e. The number of nitrogens with one attached hydrogen (secondary N) is 1. The van der Waals surface area contributed by atoms with Crippen molar-refractivity contribution in [1.82, 2.24) is 0 Å². The number of benzene rings is 2. The van der Waals surface area contributed by atoms with Gasteiger partial charge >= 0.3 is 5.97 Å². The fraction of sp³-hybridized carbons (Fsp3) is 0.0667. The highest BCUT2D eigenvalue weighted by Gasteiger charge is 2.14. The van der Waals surface area contributed by atoms with Crippen LogP contribution in [0.5, 0.6) is 0 Å². The number of carbonyl (C=O) groups is 2. The van der Waals surface area contributed by atoms with Gasteiger partial charge in [0, 0.05) is 9.13 Å². The zero-order valence-electron chi connectivity index (χ0n) is 11.0. The van der Waals surface area contributed by atoms with E-state index in [0.717, 1.165) is 9.64 Å². The van der Waals surface area contributed by atoms with Gasteiger partial charge in [0.25, 0.3) is 5.91 Å². The molecule has 0 aliphatic heterocycles. The van der Waals surface area contributed by atoms with Gasteiger partial charge in [-0.05, 0) is 71.5 Å². The molecule has 0 atom stereocenters. The van der Waals surface area contributed by atoms with Gasteiger partial charge < -0.3 is 10.4 Å². The zero-order valence-corrected chi connectivity index (χ0v) is 13.1. The van der Waals surface area contributed by atoms with Crippen LogP contribution >= 0.6 is 22.6 Å². The predicted octanol–water partition coefficient (Wildman–Crippen LogP) is 3.69. The van der Waals surface area contributed by atoms with Crippen molar-refractivity contribution in [2.24, 2.45) is 0 Å². The number of carboxylic acid groups (broad SMARTS) is 1. The number of carbonyl (C=O) groups excluding carboxylic acids is 1. The first-order chi connectivity index (χ1) is 9.86. The summed E-state index contributed by atoms with van der Waals surface area (Å²) in [6, 6.07) is 8.59. The number of aryl methyl sites for hydroxylation is 1. The molecule has 0 saturated carbocycles. The summed E-state index contributed by atoms with van der Waals surface area (Å²) in [5.74, 6) is -2.21. The normalized spacial score (nSPS) is 10.2. The monoisotopic (exact) mass is 399 g/mol. The number of carboxylic acids is 1. The quantitative estimate of drug-likeness (QED) is 0.774. The van der Waals surface area contributed by atoms with Gasteiger partial charge in [0.05, 0.1) is 11.3 Å². The molecule has 0 spiro atoms. The van der Waals surface area contributed by atoms with E-state index in [4.69, 9.17) is 5.11 Å². The van der Waals surface area contributed by atoms with Crippen molar-refractivity contribution in [2.75, 3.05) is 5.32 Å². The van der Waals surface area contributed by atoms with Crippen LogP contribution in [0.3, 0.4) is 0 Å². The van der Waals surface area contributed by atoms with Gasteiger partial charge in [-0.3, -0.25) is 4.79 Å². The number of halogens is 2. The lowest BCUT2D eigenvalue weighted by Crippen LogP contribution is -2.15. The van der Waals surface area contributed by atoms with E-state index in [1.807, 2.05) is 22.6 Å². The molecule has 2 aromatic carbocycles. The maximum atomic E-state index is 13.3. The molecule has 0 aromatic heterocycles. The highest BCUT2D eigenvalue weighted by atomic mass is 127. The van der Waals surface area contributed by atoms with Crippen molar-refractivity contribution in [3.63, 3.8) is 0 Å². The number of aromatic carboxylic acids is 1. The Morgan fingerprint density at radius 1 is 1.19 bits per heavy atom. The molecular formula is C15H11FINO3. The van der Waals surface area contributed by atoms with E-state index in [2.05, 4.69) is 5.32 Å². The Kier molecular flexibility index (Phi) is 4.56. The van der Waals surface area contributed by atoms with Crippen LogP contribution in [0.1, 0.15) is 26.3 Å². The van der Waals surface area contributed by atoms with E-state index in [-0.39, 0.29) is 16.8 Å². The number of anilines is 1. The van der Waals surface area contributed by atoms with Gasteiger partial charge in [0.15, 0.2) is 0 Å². The van der Waals surface area contributed by atoms with Crippen molar-refractivity contribution < 1.29 is 19.1 Å². The van der Waals surface area contributed by atoms with Crippen LogP contribution in [0, 0.1) is 16.3 Å². The Balaban J connectivity index is 2.33. The molecule has 0 fully saturated rings. The maximum Gasteiger partial charge on any atom is 0.337 e. The fourth-order valence-electron chi connectivity index (χ4n) is 1.86. The second-order valence-corrected chi connectivity index (χ2v) is 5.71. The second kappa shape index (κ2) is 6.21. The van der Waals surface area contributed by atoms with E-state index in [9.17, 15) is 14.0 Å². The lowest BCUT2D eigenvalue weighted by Gasteiger charge is -2.09. The molecule has 2 N–H and O–H groups in total. The van der Waals surface area contributed by atoms with Gasteiger partial charge in [0.1, 0.15) is 5.82 Å². The average molecular weight is 399 g/mol. The Morgan fingerprint density at radius 3 is 2.52 bits per heavy atom. The highest BCUT2D eigenvalue weighted by Crippen LogP contribution is 2.20. The predicted molar refractivity (Wildman–Crippen MR) is 85.2 cm³/mol. The third kappa shape index (κ3) is 3.78. The van der Waals surface area contributed by atoms with Gasteiger partial charge in [-0.2, -0.15) is 0 Å². The zero-order chi connectivity index (χ0) is 15.6. The van der Waals surface area contributed by atoms with Crippen LogP contribution < -0.4 is 5.32 Å². The van der Waals surface area contributed by atoms with E-state index in [0.29, 0.717) is 5.56 Å². The molecule has 2 aromatic rings. The number of hydrogen-bond acceptors (Lipinski definition) is 2. The van der Waals surface area contributed by atoms with Crippen molar-refractivity contribution in [1.29, 1.82) is 0 Å². The molecule has 0 bridgehead atoms. The van der Waals surface area contributed by atoms with Gasteiger partial charge in [-0.15, -0.1) is 0 Å². The van der Waals surface area contributed by atoms with E-state index in [1.165, 1.54) is 24.3 Å². The topological polar surface area (TPSA) is 66.4 Å². The fourth-order valence-corrected chi connectivity index (χ4v) is 2.36. The Labute approximate surface area is 134 Å². The third-order valence-corrected chi connectivity index (χ3v) is 3.44. The molecule has 1 amide bonds. The molecule has 0 unspecified atom stereocenters. The molecular weight excluding hydrogens is 388 g/mol. The molecule has 0 aliphatic rings. The molecule has 0 aliphatic carbocycles. The molecule has 6 heteroatoms. The molecule has 21 heavy (non-hydrogen) atoms. The number of rotatable bonds is 3. The van der Waals surface area contributed by atoms with Crippen LogP contribution in [0.4, 0.5) is 10.1 Å². The van der Waals surface area contributed by atoms with Crippen molar-refractivity contribution >= 4 is 40.2 Å². The van der Waals surface area contributed by atoms with Crippen LogP contribution in [0.2, 0.25) is 0 Å². The minimum atomic E-state index is -1.14. The minimum absolute atomic E-state index is 0.0108. The summed E-state index contributed by atoms with van der Waals surface area (Å²) in [6.45, 7) is 1.67. The number of hydrogen-bond donors (Lipinski definition) is 2. The van der Waals surface area contributed by atoms with Crippen molar-refractivity contribution in [2.45, 2.75) is 6.92 Å². The summed E-state index contributed by atoms with van der Waals surface area (Å²) < 4.78 is 14.1. The largest absolute Gasteiger partial charge is 0.478 e. The molecule has 4 nitrogen and oxygen atoms in total. The summed E-state index contributed by atoms with van der Waals surface area (Å²) in [6.07, 6.45) is 0. The summed E-state index contributed by atoms with van der Waals surface area (Å²) in [4.78, 5) is 23.3. The SMILES string of the molecule is Cc1cc(F)cc(C(=O)Nc2ccc(I)cc2C(=O)O)c1. The van der Waals surface area contributed by atoms with Crippen LogP contribution in [-0.2, 0) is 0 Å². The Bertz CT molecular complexity index is 711. The summed E-state index contributed by atoms with van der Waals surface area (Å²) in [7, 11) is 0. The van der Waals surface area contributed by atoms with Gasteiger partial charge in [-0.25, -0.2) is 9.18 Å². The molecule has 2 rings (SSSR count). The van der Waals surface area contributed by atoms with E-state index >= 15 is 0 Å². The Morgan fingerprint density at radius 2 is 1.90 bits per heavy atom. The molecule has 0 radical (unpaired) electrons. The van der Waals surface area contributed by atoms with E-state index in [1.54, 1.807) is 13.0 Å². The summed E-state index contributed by atoms with van der Waals surface area (Å²) in [5.41, 5.74) is 0.918. The average Bonchev–Trinajstić information content (AvgIpc) is 2.39. The van der Waals surface area contributed by atoms with E-state index < -0.39 is 17.7 Å². The third-order valence-electron chi connectivity index (χ3n) is 2.76. The standard InChI is InChI=1S/C15H11FINO3/c1-8-4-9(6-10(16)5-8)14(19)18-13-3-2-11(17)7-12(13)15(20)21/h2-7H,1H3,(H,18,19)(H,20,21). The van der Waals surface area contributed by atoms with Crippen molar-refractivity contribution in [3.05, 3.63) is 62.5 Å².